The molecule has 0 spiro atoms. The first-order valence-electron chi connectivity index (χ1n) is 8.21. The van der Waals surface area contributed by atoms with Gasteiger partial charge in [-0.25, -0.2) is 9.18 Å². The summed E-state index contributed by atoms with van der Waals surface area (Å²) < 4.78 is 13.2. The van der Waals surface area contributed by atoms with Crippen LogP contribution in [0.1, 0.15) is 12.8 Å². The molecule has 24 heavy (non-hydrogen) atoms. The summed E-state index contributed by atoms with van der Waals surface area (Å²) in [6.07, 6.45) is 1.21. The van der Waals surface area contributed by atoms with Crippen LogP contribution < -0.4 is 4.90 Å². The van der Waals surface area contributed by atoms with Gasteiger partial charge in [-0.05, 0) is 61.0 Å². The Morgan fingerprint density at radius 2 is 1.92 bits per heavy atom. The second kappa shape index (κ2) is 6.18. The molecule has 1 amide bonds. The second-order valence-corrected chi connectivity index (χ2v) is 7.42. The predicted octanol–water partition coefficient (Wildman–Crippen LogP) is 4.13. The van der Waals surface area contributed by atoms with Crippen molar-refractivity contribution in [2.45, 2.75) is 18.9 Å². The van der Waals surface area contributed by atoms with E-state index in [1.165, 1.54) is 23.5 Å². The first-order chi connectivity index (χ1) is 11.6. The third-order valence-corrected chi connectivity index (χ3v) is 6.12. The predicted molar refractivity (Wildman–Crippen MR) is 93.2 cm³/mol. The maximum absolute atomic E-state index is 13.2. The van der Waals surface area contributed by atoms with Crippen molar-refractivity contribution in [3.8, 4) is 10.4 Å². The van der Waals surface area contributed by atoms with Crippen molar-refractivity contribution in [3.05, 3.63) is 41.5 Å². The standard InChI is InChI=1S/C18H19FN2O2S/c19-14-3-1-13(2-4-14)17-15(7-10-24-17)21(18(22)23)16-11-20-8-5-12(16)6-9-20/h1-4,7,10,12,16H,5-6,8-9,11H2,(H,22,23). The van der Waals surface area contributed by atoms with Gasteiger partial charge in [0.2, 0.25) is 0 Å². The third-order valence-electron chi connectivity index (χ3n) is 5.17. The highest BCUT2D eigenvalue weighted by molar-refractivity contribution is 7.14. The van der Waals surface area contributed by atoms with E-state index in [1.807, 2.05) is 11.4 Å². The van der Waals surface area contributed by atoms with Crippen molar-refractivity contribution >= 4 is 23.1 Å². The van der Waals surface area contributed by atoms with Crippen LogP contribution in [0, 0.1) is 11.7 Å². The Morgan fingerprint density at radius 1 is 1.21 bits per heavy atom. The molecule has 3 aliphatic rings. The van der Waals surface area contributed by atoms with Crippen LogP contribution in [0.3, 0.4) is 0 Å². The maximum atomic E-state index is 13.2. The molecular formula is C18H19FN2O2S. The fraction of sp³-hybridized carbons (Fsp3) is 0.389. The lowest BCUT2D eigenvalue weighted by Gasteiger charge is -2.48. The number of anilines is 1. The quantitative estimate of drug-likeness (QED) is 0.909. The highest BCUT2D eigenvalue weighted by Gasteiger charge is 2.40. The van der Waals surface area contributed by atoms with E-state index in [0.29, 0.717) is 5.92 Å². The molecular weight excluding hydrogens is 327 g/mol. The molecule has 5 rings (SSSR count). The topological polar surface area (TPSA) is 43.8 Å². The summed E-state index contributed by atoms with van der Waals surface area (Å²) >= 11 is 1.50. The van der Waals surface area contributed by atoms with E-state index in [-0.39, 0.29) is 11.9 Å². The third kappa shape index (κ3) is 2.70. The fourth-order valence-corrected chi connectivity index (χ4v) is 4.85. The molecule has 126 valence electrons. The van der Waals surface area contributed by atoms with Crippen molar-refractivity contribution in [2.24, 2.45) is 5.92 Å². The molecule has 2 bridgehead atoms. The number of rotatable bonds is 3. The minimum Gasteiger partial charge on any atom is -0.465 e. The summed E-state index contributed by atoms with van der Waals surface area (Å²) in [5, 5.41) is 11.8. The van der Waals surface area contributed by atoms with E-state index in [2.05, 4.69) is 4.90 Å². The van der Waals surface area contributed by atoms with Crippen LogP contribution in [0.2, 0.25) is 0 Å². The van der Waals surface area contributed by atoms with Gasteiger partial charge in [0.15, 0.2) is 0 Å². The molecule has 4 nitrogen and oxygen atoms in total. The zero-order valence-corrected chi connectivity index (χ0v) is 14.0. The van der Waals surface area contributed by atoms with Gasteiger partial charge in [-0.1, -0.05) is 12.1 Å². The Hall–Kier alpha value is -1.92. The second-order valence-electron chi connectivity index (χ2n) is 6.50. The largest absolute Gasteiger partial charge is 0.465 e. The molecule has 1 aromatic carbocycles. The van der Waals surface area contributed by atoms with Gasteiger partial charge in [0.25, 0.3) is 0 Å². The smallest absolute Gasteiger partial charge is 0.412 e. The zero-order chi connectivity index (χ0) is 16.7. The molecule has 3 aliphatic heterocycles. The van der Waals surface area contributed by atoms with Gasteiger partial charge in [0.05, 0.1) is 16.6 Å². The normalized spacial score (nSPS) is 25.6. The number of hydrogen-bond acceptors (Lipinski definition) is 3. The monoisotopic (exact) mass is 346 g/mol. The van der Waals surface area contributed by atoms with E-state index in [1.54, 1.807) is 17.0 Å². The molecule has 4 heterocycles. The van der Waals surface area contributed by atoms with E-state index >= 15 is 0 Å². The van der Waals surface area contributed by atoms with Crippen LogP contribution in [-0.4, -0.2) is 41.8 Å². The summed E-state index contributed by atoms with van der Waals surface area (Å²) in [5.74, 6) is 0.136. The van der Waals surface area contributed by atoms with Crippen molar-refractivity contribution in [2.75, 3.05) is 24.5 Å². The first kappa shape index (κ1) is 15.6. The number of amides is 1. The lowest BCUT2D eigenvalue weighted by molar-refractivity contribution is 0.0838. The Bertz CT molecular complexity index is 738. The number of piperidine rings is 3. The number of nitrogens with zero attached hydrogens (tertiary/aromatic N) is 2. The van der Waals surface area contributed by atoms with Gasteiger partial charge in [0.1, 0.15) is 5.82 Å². The van der Waals surface area contributed by atoms with Crippen molar-refractivity contribution < 1.29 is 14.3 Å². The average molecular weight is 346 g/mol. The fourth-order valence-electron chi connectivity index (χ4n) is 3.96. The van der Waals surface area contributed by atoms with E-state index in [0.717, 1.165) is 48.6 Å². The van der Waals surface area contributed by atoms with Crippen LogP contribution in [0.15, 0.2) is 35.7 Å². The summed E-state index contributed by atoms with van der Waals surface area (Å²) in [6.45, 7) is 2.95. The Kier molecular flexibility index (Phi) is 4.02. The summed E-state index contributed by atoms with van der Waals surface area (Å²) in [5.41, 5.74) is 1.58. The highest BCUT2D eigenvalue weighted by atomic mass is 32.1. The van der Waals surface area contributed by atoms with E-state index in [9.17, 15) is 14.3 Å². The molecule has 1 atom stereocenters. The van der Waals surface area contributed by atoms with Crippen molar-refractivity contribution in [1.82, 2.24) is 4.90 Å². The molecule has 2 aromatic rings. The average Bonchev–Trinajstić information content (AvgIpc) is 3.06. The van der Waals surface area contributed by atoms with Crippen LogP contribution in [-0.2, 0) is 0 Å². The zero-order valence-electron chi connectivity index (χ0n) is 13.2. The van der Waals surface area contributed by atoms with Crippen molar-refractivity contribution in [1.29, 1.82) is 0 Å². The molecule has 0 aliphatic carbocycles. The van der Waals surface area contributed by atoms with Crippen LogP contribution in [0.25, 0.3) is 10.4 Å². The number of halogens is 1. The summed E-state index contributed by atoms with van der Waals surface area (Å²) in [4.78, 5) is 16.8. The van der Waals surface area contributed by atoms with Gasteiger partial charge < -0.3 is 10.0 Å². The molecule has 1 unspecified atom stereocenters. The number of fused-ring (bicyclic) bond motifs is 3. The number of carboxylic acid groups (broad SMARTS) is 1. The number of benzene rings is 1. The van der Waals surface area contributed by atoms with Crippen molar-refractivity contribution in [3.63, 3.8) is 0 Å². The summed E-state index contributed by atoms with van der Waals surface area (Å²) in [6, 6.07) is 8.12. The van der Waals surface area contributed by atoms with Gasteiger partial charge in [-0.15, -0.1) is 11.3 Å². The first-order valence-corrected chi connectivity index (χ1v) is 9.09. The lowest BCUT2D eigenvalue weighted by Crippen LogP contribution is -2.58. The SMILES string of the molecule is O=C(O)N(c1ccsc1-c1ccc(F)cc1)C1CN2CCC1CC2. The Labute approximate surface area is 144 Å². The molecule has 0 saturated carbocycles. The minimum absolute atomic E-state index is 0.00111. The maximum Gasteiger partial charge on any atom is 0.412 e. The molecule has 1 N–H and O–H groups in total. The summed E-state index contributed by atoms with van der Waals surface area (Å²) in [7, 11) is 0. The van der Waals surface area contributed by atoms with Gasteiger partial charge in [-0.3, -0.25) is 4.90 Å². The molecule has 6 heteroatoms. The van der Waals surface area contributed by atoms with E-state index in [4.69, 9.17) is 0 Å². The molecule has 1 aromatic heterocycles. The van der Waals surface area contributed by atoms with Crippen LogP contribution in [0.5, 0.6) is 0 Å². The Morgan fingerprint density at radius 3 is 2.50 bits per heavy atom. The van der Waals surface area contributed by atoms with Crippen LogP contribution in [0.4, 0.5) is 14.9 Å². The highest BCUT2D eigenvalue weighted by Crippen LogP contribution is 2.40. The van der Waals surface area contributed by atoms with Gasteiger partial charge in [-0.2, -0.15) is 0 Å². The molecule has 3 fully saturated rings. The minimum atomic E-state index is -0.907. The molecule has 0 radical (unpaired) electrons. The lowest BCUT2D eigenvalue weighted by atomic mass is 9.83. The number of hydrogen-bond donors (Lipinski definition) is 1. The van der Waals surface area contributed by atoms with Gasteiger partial charge >= 0.3 is 6.09 Å². The number of carbonyl (C=O) groups is 1. The Balaban J connectivity index is 1.71. The molecule has 3 saturated heterocycles. The van der Waals surface area contributed by atoms with Gasteiger partial charge in [0, 0.05) is 6.54 Å². The van der Waals surface area contributed by atoms with Crippen LogP contribution >= 0.6 is 11.3 Å². The van der Waals surface area contributed by atoms with E-state index < -0.39 is 6.09 Å². The number of thiophene rings is 1.